The number of alkyl halides is 3. The molecule has 7 aliphatic rings. The normalized spacial score (nSPS) is 38.6. The van der Waals surface area contributed by atoms with Gasteiger partial charge in [0.25, 0.3) is 0 Å². The molecule has 0 aromatic carbocycles. The summed E-state index contributed by atoms with van der Waals surface area (Å²) in [6.45, 7) is 20.2. The summed E-state index contributed by atoms with van der Waals surface area (Å²) in [6.07, 6.45) is -6.44. The minimum atomic E-state index is -5.72. The lowest BCUT2D eigenvalue weighted by Gasteiger charge is -2.25. The highest BCUT2D eigenvalue weighted by atomic mass is 32.2. The Morgan fingerprint density at radius 1 is 0.621 bits per heavy atom. The van der Waals surface area contributed by atoms with Crippen molar-refractivity contribution in [1.29, 1.82) is 0 Å². The second-order valence-electron chi connectivity index (χ2n) is 17.1. The highest BCUT2D eigenvalue weighted by molar-refractivity contribution is 7.87. The van der Waals surface area contributed by atoms with E-state index in [-0.39, 0.29) is 36.9 Å². The number of hydrogen-bond acceptors (Lipinski definition) is 20. The first kappa shape index (κ1) is 55.4. The Morgan fingerprint density at radius 3 is 1.48 bits per heavy atom. The van der Waals surface area contributed by atoms with Gasteiger partial charge in [0, 0.05) is 23.7 Å². The van der Waals surface area contributed by atoms with Gasteiger partial charge in [-0.25, -0.2) is 0 Å². The van der Waals surface area contributed by atoms with Crippen LogP contribution in [-0.4, -0.2) is 147 Å². The van der Waals surface area contributed by atoms with Crippen molar-refractivity contribution >= 4 is 22.1 Å². The van der Waals surface area contributed by atoms with Crippen molar-refractivity contribution in [3.63, 3.8) is 0 Å². The second-order valence-corrected chi connectivity index (χ2v) is 18.7. The molecule has 0 bridgehead atoms. The van der Waals surface area contributed by atoms with Crippen molar-refractivity contribution in [2.45, 2.75) is 230 Å². The number of aliphatic hydroxyl groups is 1. The van der Waals surface area contributed by atoms with Crippen LogP contribution in [0.3, 0.4) is 0 Å². The Bertz CT molecular complexity index is 1890. The van der Waals surface area contributed by atoms with Gasteiger partial charge in [0.05, 0.1) is 30.5 Å². The summed E-state index contributed by atoms with van der Waals surface area (Å²) in [4.78, 5) is 27.5. The van der Waals surface area contributed by atoms with Crippen LogP contribution in [0.1, 0.15) is 109 Å². The summed E-state index contributed by atoms with van der Waals surface area (Å²) in [5.41, 5.74) is 11.5. The van der Waals surface area contributed by atoms with E-state index in [2.05, 4.69) is 24.2 Å². The van der Waals surface area contributed by atoms with E-state index in [1.807, 2.05) is 48.5 Å². The zero-order valence-electron chi connectivity index (χ0n) is 38.7. The Kier molecular flexibility index (Phi) is 18.5. The number of nitrogens with zero attached hydrogens (tertiary/aromatic N) is 6. The Morgan fingerprint density at radius 2 is 1.03 bits per heavy atom. The summed E-state index contributed by atoms with van der Waals surface area (Å²) in [5.74, 6) is -3.48. The van der Waals surface area contributed by atoms with Crippen LogP contribution < -0.4 is 0 Å². The fourth-order valence-electron chi connectivity index (χ4n) is 8.00. The number of esters is 2. The van der Waals surface area contributed by atoms with Crippen LogP contribution in [-0.2, 0) is 80.7 Å². The van der Waals surface area contributed by atoms with Crippen LogP contribution in [0.25, 0.3) is 20.9 Å². The molecule has 7 rings (SSSR count). The number of fused-ring (bicyclic) bond motifs is 3. The van der Waals surface area contributed by atoms with Gasteiger partial charge in [0.1, 0.15) is 36.6 Å². The van der Waals surface area contributed by atoms with Gasteiger partial charge in [0.2, 0.25) is 6.29 Å². The van der Waals surface area contributed by atoms with Gasteiger partial charge in [-0.15, -0.1) is 0 Å². The standard InChI is InChI=1S/C10H15F3O6S.C10H15N3O5.C9H15N3O3.C9H16O4/c1-4-5-6(19-20(14,15)10(11,12)13)7-8(16-5)18-9(2,3)17-7;1-4-7-8(12-13-11)9(16-5(2)14)10(18-7)17-6(3)15;1-4-5-6(11-12-10)7-8(13-5)15-9(2,3)14-7;1-4-5-6(10)7-8(11-5)13-9(2,3)12-7/h5-8H,4H2,1-3H3;7-10H,4H2,1-3H3;5-8H,4H2,1-3H3;5-8,10H,4H2,1-3H3/t5-,6-,7-,8-;7-,8-,9-,10?;5-,6-,7-,8-;5-,6+,7-,8-/m1111/s1. The number of ether oxygens (including phenoxy) is 12. The average molecular weight is 979 g/mol. The van der Waals surface area contributed by atoms with E-state index in [0.717, 1.165) is 12.8 Å². The summed E-state index contributed by atoms with van der Waals surface area (Å²) in [6, 6.07) is -0.986. The smallest absolute Gasteiger partial charge is 0.455 e. The van der Waals surface area contributed by atoms with E-state index >= 15 is 0 Å². The van der Waals surface area contributed by atoms with Crippen LogP contribution >= 0.6 is 0 Å². The van der Waals surface area contributed by atoms with Crippen molar-refractivity contribution in [1.82, 2.24) is 0 Å². The first-order valence-electron chi connectivity index (χ1n) is 21.4. The highest BCUT2D eigenvalue weighted by Crippen LogP contribution is 2.43. The van der Waals surface area contributed by atoms with Gasteiger partial charge < -0.3 is 61.9 Å². The summed E-state index contributed by atoms with van der Waals surface area (Å²) < 4.78 is 128. The molecule has 0 radical (unpaired) electrons. The fraction of sp³-hybridized carbons (Fsp3) is 0.947. The highest BCUT2D eigenvalue weighted by Gasteiger charge is 2.60. The zero-order valence-corrected chi connectivity index (χ0v) is 39.5. The molecule has 378 valence electrons. The number of aliphatic hydroxyl groups excluding tert-OH is 1. The largest absolute Gasteiger partial charge is 0.523 e. The Hall–Kier alpha value is -3.18. The van der Waals surface area contributed by atoms with Gasteiger partial charge in [0.15, 0.2) is 42.3 Å². The molecular weight excluding hydrogens is 918 g/mol. The number of carbonyl (C=O) groups is 2. The number of rotatable bonds is 10. The van der Waals surface area contributed by atoms with Crippen molar-refractivity contribution in [3.05, 3.63) is 20.9 Å². The maximum atomic E-state index is 12.4. The van der Waals surface area contributed by atoms with Crippen molar-refractivity contribution in [3.8, 4) is 0 Å². The molecule has 0 aliphatic carbocycles. The third-order valence-electron chi connectivity index (χ3n) is 10.7. The van der Waals surface area contributed by atoms with Gasteiger partial charge in [-0.05, 0) is 78.3 Å². The van der Waals surface area contributed by atoms with E-state index < -0.39 is 113 Å². The molecule has 0 amide bonds. The monoisotopic (exact) mass is 978 g/mol. The van der Waals surface area contributed by atoms with E-state index in [9.17, 15) is 36.3 Å². The van der Waals surface area contributed by atoms with Gasteiger partial charge in [-0.1, -0.05) is 37.9 Å². The van der Waals surface area contributed by atoms with Gasteiger partial charge in [-0.3, -0.25) is 13.8 Å². The van der Waals surface area contributed by atoms with Crippen molar-refractivity contribution < 1.29 is 97.3 Å². The predicted molar refractivity (Wildman–Crippen MR) is 215 cm³/mol. The second kappa shape index (κ2) is 22.1. The van der Waals surface area contributed by atoms with Crippen LogP contribution in [0.4, 0.5) is 13.2 Å². The molecule has 0 saturated carbocycles. The SMILES string of the molecule is CC[C@H]1OC(OC(C)=O)[C@H](OC(C)=O)[C@@H]1N=[N+]=[N-].CC[C@H]1O[C@@H]2OC(C)(C)O[C@@H]2[C@@H]1N=[N+]=[N-].CC[C@H]1O[C@@H]2OC(C)(C)O[C@@H]2[C@@H]1OS(=O)(=O)C(F)(F)F.CC[C@H]1O[C@@H]2OC(C)(C)O[C@@H]2[C@H]1O. The molecule has 1 unspecified atom stereocenters. The topological polar surface area (TPSA) is 306 Å². The lowest BCUT2D eigenvalue weighted by molar-refractivity contribution is -0.215. The number of azide groups is 2. The van der Waals surface area contributed by atoms with E-state index in [4.69, 9.17) is 67.9 Å². The Balaban J connectivity index is 0.000000194. The van der Waals surface area contributed by atoms with E-state index in [1.54, 1.807) is 20.8 Å². The number of halogens is 3. The lowest BCUT2D eigenvalue weighted by atomic mass is 10.1. The van der Waals surface area contributed by atoms with Crippen LogP contribution in [0.5, 0.6) is 0 Å². The minimum absolute atomic E-state index is 0.105. The molecule has 28 heteroatoms. The van der Waals surface area contributed by atoms with Crippen molar-refractivity contribution in [2.24, 2.45) is 10.2 Å². The molecule has 7 saturated heterocycles. The van der Waals surface area contributed by atoms with Crippen LogP contribution in [0.15, 0.2) is 10.2 Å². The molecule has 0 aromatic heterocycles. The van der Waals surface area contributed by atoms with Crippen LogP contribution in [0, 0.1) is 0 Å². The maximum absolute atomic E-state index is 12.4. The maximum Gasteiger partial charge on any atom is 0.523 e. The number of carbonyl (C=O) groups excluding carboxylic acids is 2. The lowest BCUT2D eigenvalue weighted by Crippen LogP contribution is -2.41. The van der Waals surface area contributed by atoms with Gasteiger partial charge in [-0.2, -0.15) is 21.6 Å². The molecule has 16 atom stereocenters. The predicted octanol–water partition coefficient (Wildman–Crippen LogP) is 5.39. The first-order chi connectivity index (χ1) is 30.6. The van der Waals surface area contributed by atoms with Gasteiger partial charge >= 0.3 is 27.6 Å². The minimum Gasteiger partial charge on any atom is -0.455 e. The first-order valence-corrected chi connectivity index (χ1v) is 22.8. The summed E-state index contributed by atoms with van der Waals surface area (Å²) >= 11 is 0. The molecule has 7 fully saturated rings. The molecule has 7 aliphatic heterocycles. The van der Waals surface area contributed by atoms with E-state index in [0.29, 0.717) is 6.42 Å². The quantitative estimate of drug-likeness (QED) is 0.0716. The third-order valence-corrected chi connectivity index (χ3v) is 11.7. The molecule has 24 nitrogen and oxygen atoms in total. The van der Waals surface area contributed by atoms with E-state index in [1.165, 1.54) is 13.8 Å². The summed E-state index contributed by atoms with van der Waals surface area (Å²) in [5, 5.41) is 17.1. The zero-order chi connectivity index (χ0) is 49.7. The fourth-order valence-corrected chi connectivity index (χ4v) is 8.63. The molecule has 0 spiro atoms. The number of hydrogen-bond donors (Lipinski definition) is 1. The summed E-state index contributed by atoms with van der Waals surface area (Å²) in [7, 11) is -5.72. The van der Waals surface area contributed by atoms with Crippen molar-refractivity contribution in [2.75, 3.05) is 0 Å². The van der Waals surface area contributed by atoms with Crippen LogP contribution in [0.2, 0.25) is 0 Å². The molecule has 1 N–H and O–H groups in total. The molecule has 66 heavy (non-hydrogen) atoms. The Labute approximate surface area is 379 Å². The average Bonchev–Trinajstić information content (AvgIpc) is 4.04. The molecule has 7 heterocycles. The molecule has 0 aromatic rings. The molecular formula is C38H61F3N6O18S. The third kappa shape index (κ3) is 13.5.